The number of hydrogen-bond acceptors (Lipinski definition) is 3. The van der Waals surface area contributed by atoms with Gasteiger partial charge in [-0.05, 0) is 12.3 Å². The molecule has 18 heavy (non-hydrogen) atoms. The minimum Gasteiger partial charge on any atom is -0.447 e. The Kier molecular flexibility index (Phi) is 6.16. The highest BCUT2D eigenvalue weighted by molar-refractivity contribution is 5.93. The number of ether oxygens (including phenoxy) is 1. The molecule has 0 aromatic heterocycles. The summed E-state index contributed by atoms with van der Waals surface area (Å²) < 4.78 is 4.97. The van der Waals surface area contributed by atoms with Crippen molar-refractivity contribution >= 4 is 12.0 Å². The summed E-state index contributed by atoms with van der Waals surface area (Å²) in [6.45, 7) is 6.53. The van der Waals surface area contributed by atoms with Crippen LogP contribution < -0.4 is 0 Å². The predicted molar refractivity (Wildman–Crippen MR) is 70.2 cm³/mol. The Morgan fingerprint density at radius 2 is 2.00 bits per heavy atom. The number of hydrogen-bond donors (Lipinski definition) is 0. The fraction of sp³-hybridized carbons (Fsp3) is 0.857. The van der Waals surface area contributed by atoms with Gasteiger partial charge in [-0.15, -0.1) is 0 Å². The zero-order valence-corrected chi connectivity index (χ0v) is 11.8. The van der Waals surface area contributed by atoms with Crippen molar-refractivity contribution < 1.29 is 14.3 Å². The molecule has 4 nitrogen and oxygen atoms in total. The number of unbranched alkanes of at least 4 members (excludes halogenated alkanes) is 4. The molecule has 1 atom stereocenters. The van der Waals surface area contributed by atoms with Gasteiger partial charge in [0.25, 0.3) is 0 Å². The quantitative estimate of drug-likeness (QED) is 0.655. The van der Waals surface area contributed by atoms with Gasteiger partial charge in [0.15, 0.2) is 0 Å². The number of carbonyl (C=O) groups is 2. The van der Waals surface area contributed by atoms with E-state index in [2.05, 4.69) is 6.92 Å². The van der Waals surface area contributed by atoms with Crippen LogP contribution in [0.15, 0.2) is 0 Å². The molecule has 0 radical (unpaired) electrons. The van der Waals surface area contributed by atoms with Crippen molar-refractivity contribution in [3.8, 4) is 0 Å². The maximum absolute atomic E-state index is 12.0. The van der Waals surface area contributed by atoms with E-state index in [1.807, 2.05) is 13.8 Å². The highest BCUT2D eigenvalue weighted by Crippen LogP contribution is 2.21. The molecule has 1 rings (SSSR count). The first kappa shape index (κ1) is 15.0. The lowest BCUT2D eigenvalue weighted by Gasteiger charge is -2.22. The fourth-order valence-electron chi connectivity index (χ4n) is 2.21. The molecule has 4 heteroatoms. The van der Waals surface area contributed by atoms with Crippen LogP contribution in [0.3, 0.4) is 0 Å². The van der Waals surface area contributed by atoms with Crippen molar-refractivity contribution in [1.29, 1.82) is 0 Å². The summed E-state index contributed by atoms with van der Waals surface area (Å²) in [6.07, 6.45) is 5.51. The first-order chi connectivity index (χ1) is 8.57. The Morgan fingerprint density at radius 1 is 1.33 bits per heavy atom. The summed E-state index contributed by atoms with van der Waals surface area (Å²) in [5, 5.41) is 0. The summed E-state index contributed by atoms with van der Waals surface area (Å²) in [7, 11) is 0. The number of imide groups is 1. The lowest BCUT2D eigenvalue weighted by Crippen LogP contribution is -2.41. The van der Waals surface area contributed by atoms with E-state index in [1.54, 1.807) is 0 Å². The molecule has 2 amide bonds. The van der Waals surface area contributed by atoms with E-state index in [-0.39, 0.29) is 17.9 Å². The maximum atomic E-state index is 12.0. The molecule has 0 aromatic rings. The Balaban J connectivity index is 2.37. The van der Waals surface area contributed by atoms with Gasteiger partial charge >= 0.3 is 6.09 Å². The second-order valence-corrected chi connectivity index (χ2v) is 5.32. The van der Waals surface area contributed by atoms with Crippen LogP contribution in [0.2, 0.25) is 0 Å². The van der Waals surface area contributed by atoms with Gasteiger partial charge in [0.05, 0.1) is 6.04 Å². The van der Waals surface area contributed by atoms with Crippen LogP contribution in [-0.2, 0) is 9.53 Å². The molecule has 0 aromatic carbocycles. The largest absolute Gasteiger partial charge is 0.447 e. The van der Waals surface area contributed by atoms with Gasteiger partial charge < -0.3 is 4.74 Å². The van der Waals surface area contributed by atoms with E-state index < -0.39 is 6.09 Å². The summed E-state index contributed by atoms with van der Waals surface area (Å²) in [6, 6.07) is -0.0827. The minimum atomic E-state index is -0.466. The summed E-state index contributed by atoms with van der Waals surface area (Å²) in [5.74, 6) is 0.174. The number of carbonyl (C=O) groups excluding carboxylic acids is 2. The molecule has 0 unspecified atom stereocenters. The third-order valence-corrected chi connectivity index (χ3v) is 3.44. The van der Waals surface area contributed by atoms with Gasteiger partial charge in [0.2, 0.25) is 5.91 Å². The van der Waals surface area contributed by atoms with Gasteiger partial charge in [-0.2, -0.15) is 0 Å². The molecule has 1 saturated heterocycles. The molecule has 0 spiro atoms. The van der Waals surface area contributed by atoms with Crippen LogP contribution in [0.5, 0.6) is 0 Å². The van der Waals surface area contributed by atoms with E-state index in [0.717, 1.165) is 12.8 Å². The number of nitrogens with zero attached hydrogens (tertiary/aromatic N) is 1. The average molecular weight is 255 g/mol. The van der Waals surface area contributed by atoms with Crippen LogP contribution in [0.1, 0.15) is 59.3 Å². The monoisotopic (exact) mass is 255 g/mol. The van der Waals surface area contributed by atoms with E-state index >= 15 is 0 Å². The van der Waals surface area contributed by atoms with Gasteiger partial charge in [-0.3, -0.25) is 4.79 Å². The zero-order valence-electron chi connectivity index (χ0n) is 11.8. The summed E-state index contributed by atoms with van der Waals surface area (Å²) in [5.41, 5.74) is 0. The van der Waals surface area contributed by atoms with Crippen molar-refractivity contribution in [2.75, 3.05) is 6.61 Å². The fourth-order valence-corrected chi connectivity index (χ4v) is 2.21. The van der Waals surface area contributed by atoms with Crippen molar-refractivity contribution in [2.24, 2.45) is 5.92 Å². The van der Waals surface area contributed by atoms with E-state index in [9.17, 15) is 9.59 Å². The normalized spacial score (nSPS) is 19.4. The van der Waals surface area contributed by atoms with Crippen LogP contribution in [0.25, 0.3) is 0 Å². The molecule has 1 heterocycles. The second-order valence-electron chi connectivity index (χ2n) is 5.32. The van der Waals surface area contributed by atoms with Gasteiger partial charge in [-0.1, -0.05) is 46.5 Å². The van der Waals surface area contributed by atoms with Gasteiger partial charge in [0.1, 0.15) is 6.61 Å². The average Bonchev–Trinajstić information content (AvgIpc) is 2.71. The van der Waals surface area contributed by atoms with Crippen molar-refractivity contribution in [3.63, 3.8) is 0 Å². The molecular weight excluding hydrogens is 230 g/mol. The predicted octanol–water partition coefficient (Wildman–Crippen LogP) is 3.35. The first-order valence-electron chi connectivity index (χ1n) is 7.06. The van der Waals surface area contributed by atoms with Crippen LogP contribution >= 0.6 is 0 Å². The van der Waals surface area contributed by atoms with Crippen LogP contribution in [0.4, 0.5) is 4.79 Å². The third-order valence-electron chi connectivity index (χ3n) is 3.44. The van der Waals surface area contributed by atoms with E-state index in [4.69, 9.17) is 4.74 Å². The molecule has 1 aliphatic rings. The Bertz CT molecular complexity index is 289. The lowest BCUT2D eigenvalue weighted by molar-refractivity contribution is -0.129. The van der Waals surface area contributed by atoms with Crippen LogP contribution in [0, 0.1) is 5.92 Å². The highest BCUT2D eigenvalue weighted by atomic mass is 16.6. The number of rotatable bonds is 7. The molecule has 104 valence electrons. The standard InChI is InChI=1S/C14H25NO3/c1-4-5-6-7-8-9-13(16)15-12(11(2)3)10-18-14(15)17/h11-12H,4-10H2,1-3H3/t12-/m1/s1. The van der Waals surface area contributed by atoms with Crippen molar-refractivity contribution in [3.05, 3.63) is 0 Å². The SMILES string of the molecule is CCCCCCCC(=O)N1C(=O)OC[C@@H]1C(C)C. The molecule has 1 fully saturated rings. The molecule has 0 N–H and O–H groups in total. The maximum Gasteiger partial charge on any atom is 0.416 e. The molecule has 0 saturated carbocycles. The number of amides is 2. The van der Waals surface area contributed by atoms with Gasteiger partial charge in [-0.25, -0.2) is 9.69 Å². The molecular formula is C14H25NO3. The minimum absolute atomic E-state index is 0.0762. The third kappa shape index (κ3) is 4.00. The van der Waals surface area contributed by atoms with Gasteiger partial charge in [0, 0.05) is 6.42 Å². The smallest absolute Gasteiger partial charge is 0.416 e. The van der Waals surface area contributed by atoms with E-state index in [1.165, 1.54) is 24.2 Å². The number of cyclic esters (lactones) is 1. The summed E-state index contributed by atoms with van der Waals surface area (Å²) >= 11 is 0. The Hall–Kier alpha value is -1.06. The van der Waals surface area contributed by atoms with Crippen LogP contribution in [-0.4, -0.2) is 29.5 Å². The van der Waals surface area contributed by atoms with E-state index in [0.29, 0.717) is 13.0 Å². The Morgan fingerprint density at radius 3 is 2.61 bits per heavy atom. The Labute approximate surface area is 110 Å². The van der Waals surface area contributed by atoms with Crippen molar-refractivity contribution in [2.45, 2.75) is 65.3 Å². The summed E-state index contributed by atoms with van der Waals surface area (Å²) in [4.78, 5) is 24.9. The first-order valence-corrected chi connectivity index (χ1v) is 7.06. The molecule has 0 aliphatic carbocycles. The zero-order chi connectivity index (χ0) is 13.5. The topological polar surface area (TPSA) is 46.6 Å². The highest BCUT2D eigenvalue weighted by Gasteiger charge is 2.38. The lowest BCUT2D eigenvalue weighted by atomic mass is 10.0. The van der Waals surface area contributed by atoms with Crippen molar-refractivity contribution in [1.82, 2.24) is 4.90 Å². The molecule has 0 bridgehead atoms. The second kappa shape index (κ2) is 7.39. The molecule has 1 aliphatic heterocycles.